The smallest absolute Gasteiger partial charge is 0.256 e. The summed E-state index contributed by atoms with van der Waals surface area (Å²) >= 11 is 0. The Balaban J connectivity index is 1.62. The quantitative estimate of drug-likeness (QED) is 0.516. The minimum Gasteiger partial charge on any atom is -0.467 e. The second kappa shape index (κ2) is 7.68. The summed E-state index contributed by atoms with van der Waals surface area (Å²) in [6.45, 7) is 3.07. The largest absolute Gasteiger partial charge is 0.467 e. The predicted molar refractivity (Wildman–Crippen MR) is 107 cm³/mol. The molecule has 0 saturated carbocycles. The Kier molecular flexibility index (Phi) is 4.93. The van der Waals surface area contributed by atoms with Crippen LogP contribution in [0.4, 0.5) is 0 Å². The molecule has 0 unspecified atom stereocenters. The van der Waals surface area contributed by atoms with Gasteiger partial charge in [-0.05, 0) is 43.2 Å². The van der Waals surface area contributed by atoms with E-state index in [1.54, 1.807) is 18.0 Å². The predicted octanol–water partition coefficient (Wildman–Crippen LogP) is 3.75. The lowest BCUT2D eigenvalue weighted by Gasteiger charge is -2.22. The number of rotatable bonds is 6. The van der Waals surface area contributed by atoms with Crippen LogP contribution in [0.1, 0.15) is 27.2 Å². The number of hydrogen-bond acceptors (Lipinski definition) is 4. The highest BCUT2D eigenvalue weighted by Crippen LogP contribution is 2.19. The molecular weight excluding hydrogens is 352 g/mol. The maximum absolute atomic E-state index is 13.4. The van der Waals surface area contributed by atoms with Gasteiger partial charge < -0.3 is 9.32 Å². The van der Waals surface area contributed by atoms with Gasteiger partial charge in [-0.1, -0.05) is 41.1 Å². The van der Waals surface area contributed by atoms with Crippen LogP contribution < -0.4 is 0 Å². The number of fused-ring (bicyclic) bond motifs is 1. The number of para-hydroxylation sites is 1. The van der Waals surface area contributed by atoms with Crippen molar-refractivity contribution in [2.24, 2.45) is 7.05 Å². The SMILES string of the molecule is Cc1ccc(CCN(Cc2ccco2)C(=O)c2cccc3nnn(C)c23)cc1. The molecule has 2 heterocycles. The van der Waals surface area contributed by atoms with Crippen molar-refractivity contribution in [3.8, 4) is 0 Å². The van der Waals surface area contributed by atoms with Gasteiger partial charge in [0.25, 0.3) is 5.91 Å². The first kappa shape index (κ1) is 18.0. The Morgan fingerprint density at radius 1 is 1.11 bits per heavy atom. The zero-order valence-electron chi connectivity index (χ0n) is 16.0. The molecule has 0 radical (unpaired) electrons. The molecular formula is C22H22N4O2. The summed E-state index contributed by atoms with van der Waals surface area (Å²) in [5.41, 5.74) is 4.48. The lowest BCUT2D eigenvalue weighted by Crippen LogP contribution is -2.32. The van der Waals surface area contributed by atoms with Gasteiger partial charge in [-0.15, -0.1) is 5.10 Å². The van der Waals surface area contributed by atoms with E-state index in [1.165, 1.54) is 11.1 Å². The first-order valence-electron chi connectivity index (χ1n) is 9.27. The molecule has 0 bridgehead atoms. The van der Waals surface area contributed by atoms with Gasteiger partial charge >= 0.3 is 0 Å². The molecule has 6 heteroatoms. The van der Waals surface area contributed by atoms with Crippen molar-refractivity contribution in [2.75, 3.05) is 6.54 Å². The van der Waals surface area contributed by atoms with E-state index in [1.807, 2.05) is 35.2 Å². The maximum Gasteiger partial charge on any atom is 0.256 e. The Bertz CT molecular complexity index is 1080. The number of carbonyl (C=O) groups is 1. The molecule has 28 heavy (non-hydrogen) atoms. The fraction of sp³-hybridized carbons (Fsp3) is 0.227. The second-order valence-corrected chi connectivity index (χ2v) is 6.93. The van der Waals surface area contributed by atoms with Gasteiger partial charge in [0.15, 0.2) is 0 Å². The number of benzene rings is 2. The summed E-state index contributed by atoms with van der Waals surface area (Å²) in [6.07, 6.45) is 2.40. The first-order valence-corrected chi connectivity index (χ1v) is 9.27. The van der Waals surface area contributed by atoms with Crippen molar-refractivity contribution in [2.45, 2.75) is 19.9 Å². The summed E-state index contributed by atoms with van der Waals surface area (Å²) in [5, 5.41) is 8.17. The van der Waals surface area contributed by atoms with E-state index in [9.17, 15) is 4.79 Å². The van der Waals surface area contributed by atoms with Crippen molar-refractivity contribution in [3.05, 3.63) is 83.3 Å². The van der Waals surface area contributed by atoms with Crippen molar-refractivity contribution >= 4 is 16.9 Å². The molecule has 0 aliphatic rings. The molecule has 0 atom stereocenters. The van der Waals surface area contributed by atoms with Crippen LogP contribution >= 0.6 is 0 Å². The fourth-order valence-corrected chi connectivity index (χ4v) is 3.32. The van der Waals surface area contributed by atoms with Crippen LogP contribution in [0.15, 0.2) is 65.3 Å². The summed E-state index contributed by atoms with van der Waals surface area (Å²) in [6, 6.07) is 17.7. The third-order valence-corrected chi connectivity index (χ3v) is 4.86. The average molecular weight is 374 g/mol. The van der Waals surface area contributed by atoms with Crippen LogP contribution in [0.3, 0.4) is 0 Å². The van der Waals surface area contributed by atoms with Gasteiger partial charge in [0.2, 0.25) is 0 Å². The van der Waals surface area contributed by atoms with Crippen LogP contribution in [-0.4, -0.2) is 32.3 Å². The highest BCUT2D eigenvalue weighted by atomic mass is 16.3. The summed E-state index contributed by atoms with van der Waals surface area (Å²) in [5.74, 6) is 0.701. The molecule has 1 amide bonds. The van der Waals surface area contributed by atoms with Crippen LogP contribution in [-0.2, 0) is 20.0 Å². The molecule has 2 aromatic carbocycles. The topological polar surface area (TPSA) is 64.2 Å². The second-order valence-electron chi connectivity index (χ2n) is 6.93. The number of amides is 1. The molecule has 4 aromatic rings. The number of nitrogens with zero attached hydrogens (tertiary/aromatic N) is 4. The monoisotopic (exact) mass is 374 g/mol. The first-order chi connectivity index (χ1) is 13.6. The third kappa shape index (κ3) is 3.67. The van der Waals surface area contributed by atoms with E-state index in [0.29, 0.717) is 24.2 Å². The molecule has 142 valence electrons. The Hall–Kier alpha value is -3.41. The van der Waals surface area contributed by atoms with E-state index >= 15 is 0 Å². The summed E-state index contributed by atoms with van der Waals surface area (Å²) in [7, 11) is 1.80. The number of hydrogen-bond donors (Lipinski definition) is 0. The van der Waals surface area contributed by atoms with Crippen molar-refractivity contribution in [1.82, 2.24) is 19.9 Å². The maximum atomic E-state index is 13.4. The third-order valence-electron chi connectivity index (χ3n) is 4.86. The zero-order valence-corrected chi connectivity index (χ0v) is 16.0. The molecule has 2 aromatic heterocycles. The Morgan fingerprint density at radius 2 is 1.93 bits per heavy atom. The lowest BCUT2D eigenvalue weighted by molar-refractivity contribution is 0.0735. The Labute approximate surface area is 163 Å². The van der Waals surface area contributed by atoms with Crippen molar-refractivity contribution in [3.63, 3.8) is 0 Å². The summed E-state index contributed by atoms with van der Waals surface area (Å²) < 4.78 is 7.14. The molecule has 6 nitrogen and oxygen atoms in total. The van der Waals surface area contributed by atoms with Crippen LogP contribution in [0.2, 0.25) is 0 Å². The van der Waals surface area contributed by atoms with E-state index in [2.05, 4.69) is 41.5 Å². The number of carbonyl (C=O) groups excluding carboxylic acids is 1. The standard InChI is InChI=1S/C22H22N4O2/c1-16-8-10-17(11-9-16)12-13-26(15-18-5-4-14-28-18)22(27)19-6-3-7-20-21(19)25(2)24-23-20/h3-11,14H,12-13,15H2,1-2H3. The lowest BCUT2D eigenvalue weighted by atomic mass is 10.1. The Morgan fingerprint density at radius 3 is 2.68 bits per heavy atom. The van der Waals surface area contributed by atoms with Gasteiger partial charge in [-0.3, -0.25) is 4.79 Å². The van der Waals surface area contributed by atoms with E-state index in [4.69, 9.17) is 4.42 Å². The average Bonchev–Trinajstić information content (AvgIpc) is 3.36. The van der Waals surface area contributed by atoms with Crippen LogP contribution in [0.25, 0.3) is 11.0 Å². The van der Waals surface area contributed by atoms with Crippen molar-refractivity contribution in [1.29, 1.82) is 0 Å². The van der Waals surface area contributed by atoms with Gasteiger partial charge in [0.05, 0.1) is 18.4 Å². The molecule has 0 fully saturated rings. The normalized spacial score (nSPS) is 11.1. The van der Waals surface area contributed by atoms with Gasteiger partial charge in [0, 0.05) is 13.6 Å². The molecule has 0 aliphatic carbocycles. The molecule has 0 saturated heterocycles. The van der Waals surface area contributed by atoms with Crippen LogP contribution in [0.5, 0.6) is 0 Å². The van der Waals surface area contributed by atoms with E-state index < -0.39 is 0 Å². The van der Waals surface area contributed by atoms with Gasteiger partial charge in [-0.25, -0.2) is 4.68 Å². The minimum atomic E-state index is -0.0560. The van der Waals surface area contributed by atoms with Crippen LogP contribution in [0, 0.1) is 6.92 Å². The number of aryl methyl sites for hydroxylation is 2. The summed E-state index contributed by atoms with van der Waals surface area (Å²) in [4.78, 5) is 15.2. The number of furan rings is 1. The molecule has 0 aliphatic heterocycles. The van der Waals surface area contributed by atoms with Gasteiger partial charge in [-0.2, -0.15) is 0 Å². The molecule has 0 N–H and O–H groups in total. The van der Waals surface area contributed by atoms with E-state index in [0.717, 1.165) is 17.7 Å². The molecule has 0 spiro atoms. The highest BCUT2D eigenvalue weighted by molar-refractivity contribution is 6.04. The zero-order chi connectivity index (χ0) is 19.5. The fourth-order valence-electron chi connectivity index (χ4n) is 3.32. The van der Waals surface area contributed by atoms with Crippen molar-refractivity contribution < 1.29 is 9.21 Å². The number of aromatic nitrogens is 3. The molecule has 4 rings (SSSR count). The van der Waals surface area contributed by atoms with Gasteiger partial charge in [0.1, 0.15) is 16.8 Å². The minimum absolute atomic E-state index is 0.0560. The van der Waals surface area contributed by atoms with E-state index in [-0.39, 0.29) is 5.91 Å². The highest BCUT2D eigenvalue weighted by Gasteiger charge is 2.21.